The summed E-state index contributed by atoms with van der Waals surface area (Å²) in [5.41, 5.74) is 10.7. The van der Waals surface area contributed by atoms with Crippen LogP contribution >= 0.6 is 0 Å². The van der Waals surface area contributed by atoms with Crippen LogP contribution in [0.1, 0.15) is 0 Å². The number of aliphatic hydroxyl groups excluding tert-OH is 1. The lowest BCUT2D eigenvalue weighted by atomic mass is 10.1. The van der Waals surface area contributed by atoms with Crippen LogP contribution in [0.15, 0.2) is 66.7 Å². The molecule has 27 heavy (non-hydrogen) atoms. The number of fused-ring (bicyclic) bond motifs is 1. The minimum atomic E-state index is -0.0145. The average Bonchev–Trinajstić information content (AvgIpc) is 2.72. The Morgan fingerprint density at radius 3 is 2.33 bits per heavy atom. The molecule has 4 aromatic rings. The summed E-state index contributed by atoms with van der Waals surface area (Å²) in [6, 6.07) is 21.2. The monoisotopic (exact) mass is 358 g/mol. The van der Waals surface area contributed by atoms with E-state index in [-0.39, 0.29) is 19.2 Å². The van der Waals surface area contributed by atoms with Crippen molar-refractivity contribution in [2.45, 2.75) is 0 Å². The summed E-state index contributed by atoms with van der Waals surface area (Å²) in [5, 5.41) is 8.84. The van der Waals surface area contributed by atoms with Crippen molar-refractivity contribution in [2.75, 3.05) is 18.9 Å². The maximum absolute atomic E-state index is 8.84. The molecule has 0 saturated heterocycles. The van der Waals surface area contributed by atoms with E-state index in [0.29, 0.717) is 22.5 Å². The topological polar surface area (TPSA) is 94.2 Å². The van der Waals surface area contributed by atoms with E-state index in [0.717, 1.165) is 16.8 Å². The van der Waals surface area contributed by atoms with Gasteiger partial charge >= 0.3 is 0 Å². The van der Waals surface area contributed by atoms with Gasteiger partial charge in [-0.05, 0) is 36.4 Å². The fourth-order valence-electron chi connectivity index (χ4n) is 2.88. The van der Waals surface area contributed by atoms with Gasteiger partial charge in [-0.2, -0.15) is 0 Å². The van der Waals surface area contributed by atoms with Crippen LogP contribution in [0.2, 0.25) is 0 Å². The van der Waals surface area contributed by atoms with Crippen LogP contribution in [0.4, 0.5) is 5.95 Å². The molecular weight excluding hydrogens is 340 g/mol. The molecule has 0 amide bonds. The van der Waals surface area contributed by atoms with Crippen LogP contribution in [0.3, 0.4) is 0 Å². The fraction of sp³-hybridized carbons (Fsp3) is 0.0952. The predicted octanol–water partition coefficient (Wildman–Crippen LogP) is 3.31. The van der Waals surface area contributed by atoms with Crippen LogP contribution in [0.25, 0.3) is 33.5 Å². The minimum Gasteiger partial charge on any atom is -0.491 e. The minimum absolute atomic E-state index is 0.0145. The van der Waals surface area contributed by atoms with E-state index in [1.54, 1.807) is 0 Å². The summed E-state index contributed by atoms with van der Waals surface area (Å²) in [6.45, 7) is 0.256. The maximum Gasteiger partial charge on any atom is 0.221 e. The van der Waals surface area contributed by atoms with Gasteiger partial charge in [0.25, 0.3) is 0 Å². The molecule has 0 unspecified atom stereocenters. The van der Waals surface area contributed by atoms with Gasteiger partial charge in [-0.25, -0.2) is 15.0 Å². The molecule has 6 nitrogen and oxygen atoms in total. The Morgan fingerprint density at radius 2 is 1.59 bits per heavy atom. The van der Waals surface area contributed by atoms with Crippen molar-refractivity contribution in [3.63, 3.8) is 0 Å². The van der Waals surface area contributed by atoms with Crippen LogP contribution < -0.4 is 10.5 Å². The van der Waals surface area contributed by atoms with Crippen molar-refractivity contribution in [3.8, 4) is 28.3 Å². The van der Waals surface area contributed by atoms with Gasteiger partial charge in [0.15, 0.2) is 0 Å². The SMILES string of the molecule is Nc1nc(-c2ccccc2)c2nc(-c3ccc(OCCO)cc3)ccc2n1. The molecule has 3 N–H and O–H groups in total. The Morgan fingerprint density at radius 1 is 0.815 bits per heavy atom. The highest BCUT2D eigenvalue weighted by molar-refractivity contribution is 5.91. The summed E-state index contributed by atoms with van der Waals surface area (Å²) >= 11 is 0. The number of anilines is 1. The van der Waals surface area contributed by atoms with Crippen LogP contribution in [0.5, 0.6) is 5.75 Å². The molecule has 0 atom stereocenters. The number of rotatable bonds is 5. The lowest BCUT2D eigenvalue weighted by Crippen LogP contribution is -2.01. The van der Waals surface area contributed by atoms with Crippen molar-refractivity contribution in [2.24, 2.45) is 0 Å². The van der Waals surface area contributed by atoms with E-state index < -0.39 is 0 Å². The maximum atomic E-state index is 8.84. The van der Waals surface area contributed by atoms with Crippen molar-refractivity contribution in [3.05, 3.63) is 66.7 Å². The number of aromatic nitrogens is 3. The lowest BCUT2D eigenvalue weighted by molar-refractivity contribution is 0.201. The predicted molar refractivity (Wildman–Crippen MR) is 105 cm³/mol. The molecule has 4 rings (SSSR count). The molecule has 0 aliphatic carbocycles. The first-order chi connectivity index (χ1) is 13.2. The number of pyridine rings is 1. The van der Waals surface area contributed by atoms with E-state index in [9.17, 15) is 0 Å². The lowest BCUT2D eigenvalue weighted by Gasteiger charge is -2.09. The van der Waals surface area contributed by atoms with E-state index in [1.165, 1.54) is 0 Å². The number of benzene rings is 2. The second-order valence-corrected chi connectivity index (χ2v) is 5.96. The van der Waals surface area contributed by atoms with Crippen LogP contribution in [-0.4, -0.2) is 33.3 Å². The molecule has 2 aromatic heterocycles. The number of ether oxygens (including phenoxy) is 1. The number of hydrogen-bond donors (Lipinski definition) is 2. The Balaban J connectivity index is 1.78. The van der Waals surface area contributed by atoms with Gasteiger partial charge in [0.2, 0.25) is 5.95 Å². The fourth-order valence-corrected chi connectivity index (χ4v) is 2.88. The largest absolute Gasteiger partial charge is 0.491 e. The quantitative estimate of drug-likeness (QED) is 0.568. The van der Waals surface area contributed by atoms with Crippen molar-refractivity contribution < 1.29 is 9.84 Å². The molecule has 0 aliphatic rings. The van der Waals surface area contributed by atoms with Gasteiger partial charge in [-0.15, -0.1) is 0 Å². The van der Waals surface area contributed by atoms with Gasteiger partial charge in [0.05, 0.1) is 17.8 Å². The third-order valence-corrected chi connectivity index (χ3v) is 4.12. The Kier molecular flexibility index (Phi) is 4.63. The third-order valence-electron chi connectivity index (χ3n) is 4.12. The summed E-state index contributed by atoms with van der Waals surface area (Å²) in [7, 11) is 0. The molecular formula is C21H18N4O2. The second-order valence-electron chi connectivity index (χ2n) is 5.96. The number of nitrogens with zero attached hydrogens (tertiary/aromatic N) is 3. The molecule has 0 fully saturated rings. The number of hydrogen-bond acceptors (Lipinski definition) is 6. The first-order valence-electron chi connectivity index (χ1n) is 8.58. The molecule has 2 heterocycles. The molecule has 0 bridgehead atoms. The van der Waals surface area contributed by atoms with Gasteiger partial charge in [-0.3, -0.25) is 0 Å². The summed E-state index contributed by atoms with van der Waals surface area (Å²) in [5.74, 6) is 0.927. The molecule has 0 saturated carbocycles. The number of nitrogens with two attached hydrogens (primary N) is 1. The molecule has 6 heteroatoms. The number of nitrogen functional groups attached to an aromatic ring is 1. The van der Waals surface area contributed by atoms with Crippen molar-refractivity contribution in [1.29, 1.82) is 0 Å². The molecule has 0 radical (unpaired) electrons. The summed E-state index contributed by atoms with van der Waals surface area (Å²) in [4.78, 5) is 13.5. The van der Waals surface area contributed by atoms with Gasteiger partial charge < -0.3 is 15.6 Å². The first-order valence-corrected chi connectivity index (χ1v) is 8.58. The first kappa shape index (κ1) is 16.9. The third kappa shape index (κ3) is 3.56. The average molecular weight is 358 g/mol. The molecule has 0 aliphatic heterocycles. The normalized spacial score (nSPS) is 10.9. The van der Waals surface area contributed by atoms with E-state index in [2.05, 4.69) is 9.97 Å². The zero-order valence-corrected chi connectivity index (χ0v) is 14.5. The highest BCUT2D eigenvalue weighted by atomic mass is 16.5. The van der Waals surface area contributed by atoms with Gasteiger partial charge in [-0.1, -0.05) is 30.3 Å². The molecule has 2 aromatic carbocycles. The molecule has 134 valence electrons. The van der Waals surface area contributed by atoms with Crippen LogP contribution in [0, 0.1) is 0 Å². The van der Waals surface area contributed by atoms with Crippen LogP contribution in [-0.2, 0) is 0 Å². The zero-order valence-electron chi connectivity index (χ0n) is 14.5. The van der Waals surface area contributed by atoms with E-state index >= 15 is 0 Å². The zero-order chi connectivity index (χ0) is 18.6. The van der Waals surface area contributed by atoms with Gasteiger partial charge in [0, 0.05) is 11.1 Å². The van der Waals surface area contributed by atoms with Gasteiger partial charge in [0.1, 0.15) is 23.6 Å². The Labute approximate surface area is 156 Å². The standard InChI is InChI=1S/C21H18N4O2/c22-21-24-18-11-10-17(14-6-8-16(9-7-14)27-13-12-26)23-20(18)19(25-21)15-4-2-1-3-5-15/h1-11,26H,12-13H2,(H2,22,24,25). The second kappa shape index (κ2) is 7.39. The smallest absolute Gasteiger partial charge is 0.221 e. The Bertz CT molecular complexity index is 1070. The Hall–Kier alpha value is -3.51. The van der Waals surface area contributed by atoms with E-state index in [1.807, 2.05) is 66.7 Å². The van der Waals surface area contributed by atoms with Crippen molar-refractivity contribution in [1.82, 2.24) is 15.0 Å². The number of aliphatic hydroxyl groups is 1. The summed E-state index contributed by atoms with van der Waals surface area (Å²) in [6.07, 6.45) is 0. The highest BCUT2D eigenvalue weighted by Crippen LogP contribution is 2.28. The molecule has 0 spiro atoms. The summed E-state index contributed by atoms with van der Waals surface area (Å²) < 4.78 is 5.40. The van der Waals surface area contributed by atoms with Crippen molar-refractivity contribution >= 4 is 17.0 Å². The highest BCUT2D eigenvalue weighted by Gasteiger charge is 2.11. The van der Waals surface area contributed by atoms with E-state index in [4.69, 9.17) is 20.6 Å².